The van der Waals surface area contributed by atoms with Crippen molar-refractivity contribution in [2.45, 2.75) is 38.6 Å². The number of carbonyl (C=O) groups excluding carboxylic acids is 1. The predicted molar refractivity (Wildman–Crippen MR) is 51.4 cm³/mol. The van der Waals surface area contributed by atoms with E-state index >= 15 is 0 Å². The predicted octanol–water partition coefficient (Wildman–Crippen LogP) is 1.49. The average Bonchev–Trinajstić information content (AvgIpc) is 2.61. The van der Waals surface area contributed by atoms with Gasteiger partial charge in [-0.1, -0.05) is 13.8 Å². The van der Waals surface area contributed by atoms with Crippen molar-refractivity contribution in [2.75, 3.05) is 6.54 Å². The van der Waals surface area contributed by atoms with E-state index in [1.807, 2.05) is 0 Å². The Bertz CT molecular complexity index is 227. The van der Waals surface area contributed by atoms with Gasteiger partial charge in [-0.3, -0.25) is 0 Å². The van der Waals surface area contributed by atoms with Gasteiger partial charge in [-0.15, -0.1) is 0 Å². The number of carbonyl (C=O) groups is 1. The highest BCUT2D eigenvalue weighted by Gasteiger charge is 2.44. The monoisotopic (exact) mass is 182 g/mol. The lowest BCUT2D eigenvalue weighted by Gasteiger charge is -2.22. The maximum absolute atomic E-state index is 11.1. The van der Waals surface area contributed by atoms with Gasteiger partial charge in [0.05, 0.1) is 5.54 Å². The molecule has 1 aliphatic heterocycles. The molecule has 2 rings (SSSR count). The van der Waals surface area contributed by atoms with Gasteiger partial charge in [0.25, 0.3) is 0 Å². The summed E-state index contributed by atoms with van der Waals surface area (Å²) in [5, 5.41) is 5.93. The normalized spacial score (nSPS) is 38.4. The fraction of sp³-hybridized carbons (Fsp3) is 0.900. The molecule has 2 aliphatic rings. The number of hydrogen-bond acceptors (Lipinski definition) is 1. The van der Waals surface area contributed by atoms with Crippen molar-refractivity contribution in [3.05, 3.63) is 0 Å². The molecular weight excluding hydrogens is 164 g/mol. The summed E-state index contributed by atoms with van der Waals surface area (Å²) in [6.45, 7) is 5.37. The van der Waals surface area contributed by atoms with Crippen LogP contribution in [-0.4, -0.2) is 18.1 Å². The zero-order chi connectivity index (χ0) is 9.47. The van der Waals surface area contributed by atoms with Crippen LogP contribution in [0.4, 0.5) is 4.79 Å². The Labute approximate surface area is 79.3 Å². The first-order valence-electron chi connectivity index (χ1n) is 5.17. The molecule has 0 radical (unpaired) electrons. The SMILES string of the molecule is CC(C)[C@@H]1CC[C@@]2(CNC(=O)N2)C1. The molecule has 1 spiro atoms. The van der Waals surface area contributed by atoms with E-state index in [4.69, 9.17) is 0 Å². The van der Waals surface area contributed by atoms with Gasteiger partial charge < -0.3 is 10.6 Å². The zero-order valence-electron chi connectivity index (χ0n) is 8.39. The van der Waals surface area contributed by atoms with E-state index in [9.17, 15) is 4.79 Å². The molecule has 2 atom stereocenters. The summed E-state index contributed by atoms with van der Waals surface area (Å²) in [7, 11) is 0. The van der Waals surface area contributed by atoms with Crippen LogP contribution in [0.5, 0.6) is 0 Å². The standard InChI is InChI=1S/C10H18N2O/c1-7(2)8-3-4-10(5-8)6-11-9(13)12-10/h7-8H,3-6H2,1-2H3,(H2,11,12,13)/t8-,10+/m1/s1. The molecule has 0 bridgehead atoms. The molecule has 1 heterocycles. The Balaban J connectivity index is 2.01. The number of amides is 2. The maximum atomic E-state index is 11.1. The van der Waals surface area contributed by atoms with Crippen LogP contribution in [0.25, 0.3) is 0 Å². The van der Waals surface area contributed by atoms with Crippen LogP contribution < -0.4 is 10.6 Å². The van der Waals surface area contributed by atoms with Crippen LogP contribution in [0.2, 0.25) is 0 Å². The fourth-order valence-corrected chi connectivity index (χ4v) is 2.59. The second-order valence-corrected chi connectivity index (χ2v) is 4.83. The molecule has 74 valence electrons. The Hall–Kier alpha value is -0.730. The van der Waals surface area contributed by atoms with Crippen LogP contribution >= 0.6 is 0 Å². The minimum atomic E-state index is 0.0180. The smallest absolute Gasteiger partial charge is 0.315 e. The van der Waals surface area contributed by atoms with Crippen molar-refractivity contribution >= 4 is 6.03 Å². The summed E-state index contributed by atoms with van der Waals surface area (Å²) in [4.78, 5) is 11.1. The summed E-state index contributed by atoms with van der Waals surface area (Å²) in [6, 6.07) is 0.0180. The second kappa shape index (κ2) is 2.89. The van der Waals surface area contributed by atoms with Crippen LogP contribution in [0.1, 0.15) is 33.1 Å². The van der Waals surface area contributed by atoms with Crippen molar-refractivity contribution in [3.63, 3.8) is 0 Å². The molecule has 3 nitrogen and oxygen atoms in total. The third kappa shape index (κ3) is 1.52. The van der Waals surface area contributed by atoms with Gasteiger partial charge in [0.1, 0.15) is 0 Å². The molecular formula is C10H18N2O. The number of rotatable bonds is 1. The van der Waals surface area contributed by atoms with Gasteiger partial charge in [-0.2, -0.15) is 0 Å². The summed E-state index contributed by atoms with van der Waals surface area (Å²) >= 11 is 0. The number of urea groups is 1. The van der Waals surface area contributed by atoms with E-state index in [0.29, 0.717) is 0 Å². The first-order chi connectivity index (χ1) is 6.11. The summed E-state index contributed by atoms with van der Waals surface area (Å²) < 4.78 is 0. The third-order valence-electron chi connectivity index (χ3n) is 3.56. The minimum Gasteiger partial charge on any atom is -0.336 e. The van der Waals surface area contributed by atoms with Gasteiger partial charge in [0.15, 0.2) is 0 Å². The van der Waals surface area contributed by atoms with Crippen LogP contribution in [0, 0.1) is 11.8 Å². The summed E-state index contributed by atoms with van der Waals surface area (Å²) in [6.07, 6.45) is 3.57. The fourth-order valence-electron chi connectivity index (χ4n) is 2.59. The molecule has 1 aliphatic carbocycles. The molecule has 3 heteroatoms. The lowest BCUT2D eigenvalue weighted by molar-refractivity contribution is 0.243. The van der Waals surface area contributed by atoms with Crippen molar-refractivity contribution < 1.29 is 4.79 Å². The van der Waals surface area contributed by atoms with E-state index in [1.54, 1.807) is 0 Å². The molecule has 13 heavy (non-hydrogen) atoms. The lowest BCUT2D eigenvalue weighted by Crippen LogP contribution is -2.41. The molecule has 1 saturated carbocycles. The Morgan fingerprint density at radius 2 is 2.31 bits per heavy atom. The highest BCUT2D eigenvalue weighted by atomic mass is 16.2. The third-order valence-corrected chi connectivity index (χ3v) is 3.56. The van der Waals surface area contributed by atoms with E-state index in [1.165, 1.54) is 6.42 Å². The first kappa shape index (κ1) is 8.85. The Morgan fingerprint density at radius 1 is 1.54 bits per heavy atom. The van der Waals surface area contributed by atoms with Crippen LogP contribution in [-0.2, 0) is 0 Å². The zero-order valence-corrected chi connectivity index (χ0v) is 8.39. The summed E-state index contributed by atoms with van der Waals surface area (Å²) in [5.74, 6) is 1.54. The van der Waals surface area contributed by atoms with Crippen LogP contribution in [0.3, 0.4) is 0 Å². The average molecular weight is 182 g/mol. The molecule has 0 aromatic heterocycles. The van der Waals surface area contributed by atoms with Crippen molar-refractivity contribution in [3.8, 4) is 0 Å². The van der Waals surface area contributed by atoms with Gasteiger partial charge in [0, 0.05) is 6.54 Å². The maximum Gasteiger partial charge on any atom is 0.315 e. The molecule has 0 aromatic carbocycles. The molecule has 2 amide bonds. The molecule has 1 saturated heterocycles. The quantitative estimate of drug-likeness (QED) is 0.634. The van der Waals surface area contributed by atoms with Crippen molar-refractivity contribution in [1.82, 2.24) is 10.6 Å². The van der Waals surface area contributed by atoms with Gasteiger partial charge in [-0.05, 0) is 31.1 Å². The first-order valence-corrected chi connectivity index (χ1v) is 5.17. The van der Waals surface area contributed by atoms with E-state index < -0.39 is 0 Å². The number of nitrogens with one attached hydrogen (secondary N) is 2. The highest BCUT2D eigenvalue weighted by molar-refractivity contribution is 5.77. The van der Waals surface area contributed by atoms with Crippen molar-refractivity contribution in [1.29, 1.82) is 0 Å². The van der Waals surface area contributed by atoms with Gasteiger partial charge in [-0.25, -0.2) is 4.79 Å². The largest absolute Gasteiger partial charge is 0.336 e. The molecule has 0 unspecified atom stereocenters. The minimum absolute atomic E-state index is 0.0180. The molecule has 0 aromatic rings. The highest BCUT2D eigenvalue weighted by Crippen LogP contribution is 2.39. The summed E-state index contributed by atoms with van der Waals surface area (Å²) in [5.41, 5.74) is 0.103. The lowest BCUT2D eigenvalue weighted by atomic mass is 9.91. The van der Waals surface area contributed by atoms with E-state index in [2.05, 4.69) is 24.5 Å². The second-order valence-electron chi connectivity index (χ2n) is 4.83. The van der Waals surface area contributed by atoms with Gasteiger partial charge >= 0.3 is 6.03 Å². The number of hydrogen-bond donors (Lipinski definition) is 2. The van der Waals surface area contributed by atoms with Crippen molar-refractivity contribution in [2.24, 2.45) is 11.8 Å². The van der Waals surface area contributed by atoms with E-state index in [0.717, 1.165) is 31.2 Å². The van der Waals surface area contributed by atoms with Crippen LogP contribution in [0.15, 0.2) is 0 Å². The topological polar surface area (TPSA) is 41.1 Å². The molecule has 2 N–H and O–H groups in total. The van der Waals surface area contributed by atoms with Gasteiger partial charge in [0.2, 0.25) is 0 Å². The molecule has 2 fully saturated rings. The Morgan fingerprint density at radius 3 is 2.77 bits per heavy atom. The Kier molecular flexibility index (Phi) is 1.97. The van der Waals surface area contributed by atoms with E-state index in [-0.39, 0.29) is 11.6 Å².